The highest BCUT2D eigenvalue weighted by molar-refractivity contribution is 5.74. The van der Waals surface area contributed by atoms with Crippen LogP contribution in [0.15, 0.2) is 12.7 Å². The van der Waals surface area contributed by atoms with Crippen LogP contribution in [-0.4, -0.2) is 23.8 Å². The summed E-state index contributed by atoms with van der Waals surface area (Å²) in [6.07, 6.45) is 3.19. The maximum atomic E-state index is 11.3. The Morgan fingerprint density at radius 2 is 2.31 bits per heavy atom. The average Bonchev–Trinajstić information content (AvgIpc) is 2.39. The molecule has 1 aliphatic rings. The van der Waals surface area contributed by atoms with Gasteiger partial charge in [-0.15, -0.1) is 6.58 Å². The van der Waals surface area contributed by atoms with Gasteiger partial charge in [-0.25, -0.2) is 0 Å². The van der Waals surface area contributed by atoms with E-state index in [4.69, 9.17) is 0 Å². The summed E-state index contributed by atoms with van der Waals surface area (Å²) in [4.78, 5) is 11.3. The molecule has 0 saturated heterocycles. The van der Waals surface area contributed by atoms with E-state index in [9.17, 15) is 9.90 Å². The lowest BCUT2D eigenvalue weighted by Crippen LogP contribution is -2.39. The Morgan fingerprint density at radius 1 is 1.69 bits per heavy atom. The third kappa shape index (κ3) is 1.61. The van der Waals surface area contributed by atoms with E-state index in [0.717, 1.165) is 6.42 Å². The van der Waals surface area contributed by atoms with Gasteiger partial charge in [0, 0.05) is 5.92 Å². The Labute approximate surface area is 78.4 Å². The Bertz CT molecular complexity index is 220. The molecule has 0 bridgehead atoms. The minimum Gasteiger partial charge on any atom is -0.469 e. The summed E-state index contributed by atoms with van der Waals surface area (Å²) in [6.45, 7) is 5.32. The fourth-order valence-corrected chi connectivity index (χ4v) is 2.04. The van der Waals surface area contributed by atoms with Crippen molar-refractivity contribution >= 4 is 5.97 Å². The van der Waals surface area contributed by atoms with Crippen molar-refractivity contribution in [3.8, 4) is 0 Å². The standard InChI is InChI=1S/C10H16O3/c1-4-7-5-6-8(9(11)13-3)10(7,2)12/h4,7-8,12H,1,5-6H2,2-3H3/t7-,8+,10+/m1/s1. The lowest BCUT2D eigenvalue weighted by molar-refractivity contribution is -0.153. The molecule has 1 aliphatic carbocycles. The minimum atomic E-state index is -0.991. The lowest BCUT2D eigenvalue weighted by Gasteiger charge is -2.27. The van der Waals surface area contributed by atoms with Crippen LogP contribution < -0.4 is 0 Å². The first-order valence-corrected chi connectivity index (χ1v) is 4.46. The van der Waals surface area contributed by atoms with Crippen molar-refractivity contribution in [3.05, 3.63) is 12.7 Å². The zero-order valence-corrected chi connectivity index (χ0v) is 8.12. The van der Waals surface area contributed by atoms with E-state index in [-0.39, 0.29) is 11.9 Å². The molecule has 0 heterocycles. The third-order valence-corrected chi connectivity index (χ3v) is 2.99. The largest absolute Gasteiger partial charge is 0.469 e. The number of esters is 1. The van der Waals surface area contributed by atoms with Gasteiger partial charge < -0.3 is 9.84 Å². The monoisotopic (exact) mass is 184 g/mol. The van der Waals surface area contributed by atoms with E-state index < -0.39 is 11.5 Å². The number of methoxy groups -OCH3 is 1. The van der Waals surface area contributed by atoms with Crippen molar-refractivity contribution in [1.82, 2.24) is 0 Å². The van der Waals surface area contributed by atoms with Crippen LogP contribution in [0.25, 0.3) is 0 Å². The second kappa shape index (κ2) is 3.50. The zero-order valence-electron chi connectivity index (χ0n) is 8.12. The number of carbonyl (C=O) groups excluding carboxylic acids is 1. The molecule has 0 aromatic heterocycles. The van der Waals surface area contributed by atoms with Gasteiger partial charge in [-0.3, -0.25) is 4.79 Å². The molecule has 0 spiro atoms. The first-order valence-electron chi connectivity index (χ1n) is 4.46. The Balaban J connectivity index is 2.80. The molecule has 0 amide bonds. The molecule has 0 aromatic rings. The fraction of sp³-hybridized carbons (Fsp3) is 0.700. The Kier molecular flexibility index (Phi) is 2.76. The molecule has 0 aliphatic heterocycles. The van der Waals surface area contributed by atoms with Crippen LogP contribution in [0.1, 0.15) is 19.8 Å². The smallest absolute Gasteiger partial charge is 0.311 e. The molecule has 13 heavy (non-hydrogen) atoms. The van der Waals surface area contributed by atoms with Gasteiger partial charge in [0.2, 0.25) is 0 Å². The third-order valence-electron chi connectivity index (χ3n) is 2.99. The van der Waals surface area contributed by atoms with Gasteiger partial charge in [0.25, 0.3) is 0 Å². The highest BCUT2D eigenvalue weighted by atomic mass is 16.5. The average molecular weight is 184 g/mol. The fourth-order valence-electron chi connectivity index (χ4n) is 2.04. The second-order valence-corrected chi connectivity index (χ2v) is 3.72. The maximum Gasteiger partial charge on any atom is 0.311 e. The van der Waals surface area contributed by atoms with Gasteiger partial charge in [-0.05, 0) is 19.8 Å². The van der Waals surface area contributed by atoms with E-state index in [0.29, 0.717) is 6.42 Å². The normalized spacial score (nSPS) is 38.7. The molecule has 74 valence electrons. The van der Waals surface area contributed by atoms with E-state index in [1.165, 1.54) is 7.11 Å². The Hall–Kier alpha value is -0.830. The van der Waals surface area contributed by atoms with Crippen LogP contribution in [0.2, 0.25) is 0 Å². The number of hydrogen-bond donors (Lipinski definition) is 1. The summed E-state index contributed by atoms with van der Waals surface area (Å²) in [6, 6.07) is 0. The summed E-state index contributed by atoms with van der Waals surface area (Å²) in [5, 5.41) is 10.0. The molecule has 3 atom stereocenters. The van der Waals surface area contributed by atoms with Crippen LogP contribution in [0.3, 0.4) is 0 Å². The first-order chi connectivity index (χ1) is 6.04. The summed E-state index contributed by atoms with van der Waals surface area (Å²) < 4.78 is 4.63. The molecule has 1 fully saturated rings. The van der Waals surface area contributed by atoms with Gasteiger partial charge in [-0.1, -0.05) is 6.08 Å². The molecule has 1 saturated carbocycles. The van der Waals surface area contributed by atoms with Crippen LogP contribution in [-0.2, 0) is 9.53 Å². The highest BCUT2D eigenvalue weighted by Crippen LogP contribution is 2.41. The second-order valence-electron chi connectivity index (χ2n) is 3.72. The number of hydrogen-bond acceptors (Lipinski definition) is 3. The molecule has 0 radical (unpaired) electrons. The molecular weight excluding hydrogens is 168 g/mol. The van der Waals surface area contributed by atoms with Crippen LogP contribution in [0.4, 0.5) is 0 Å². The van der Waals surface area contributed by atoms with E-state index >= 15 is 0 Å². The lowest BCUT2D eigenvalue weighted by atomic mass is 9.86. The SMILES string of the molecule is C=C[C@@H]1CC[C@@H](C(=O)OC)[C@@]1(C)O. The van der Waals surface area contributed by atoms with E-state index in [1.54, 1.807) is 13.0 Å². The van der Waals surface area contributed by atoms with Gasteiger partial charge in [0.05, 0.1) is 18.6 Å². The maximum absolute atomic E-state index is 11.3. The molecule has 1 rings (SSSR count). The van der Waals surface area contributed by atoms with Gasteiger partial charge in [0.15, 0.2) is 0 Å². The molecule has 0 unspecified atom stereocenters. The number of ether oxygens (including phenoxy) is 1. The molecule has 1 N–H and O–H groups in total. The molecule has 0 aromatic carbocycles. The summed E-state index contributed by atoms with van der Waals surface area (Å²) in [7, 11) is 1.35. The molecule has 3 heteroatoms. The van der Waals surface area contributed by atoms with Crippen LogP contribution in [0, 0.1) is 11.8 Å². The van der Waals surface area contributed by atoms with Gasteiger partial charge >= 0.3 is 5.97 Å². The Morgan fingerprint density at radius 3 is 2.69 bits per heavy atom. The van der Waals surface area contributed by atoms with E-state index in [1.807, 2.05) is 0 Å². The summed E-state index contributed by atoms with van der Waals surface area (Å²) in [5.41, 5.74) is -0.991. The predicted octanol–water partition coefficient (Wildman–Crippen LogP) is 1.12. The van der Waals surface area contributed by atoms with Crippen molar-refractivity contribution in [2.75, 3.05) is 7.11 Å². The van der Waals surface area contributed by atoms with Crippen molar-refractivity contribution in [3.63, 3.8) is 0 Å². The quantitative estimate of drug-likeness (QED) is 0.516. The van der Waals surface area contributed by atoms with Crippen molar-refractivity contribution in [1.29, 1.82) is 0 Å². The predicted molar refractivity (Wildman–Crippen MR) is 49.1 cm³/mol. The number of aliphatic hydroxyl groups is 1. The first kappa shape index (κ1) is 10.3. The van der Waals surface area contributed by atoms with Crippen LogP contribution >= 0.6 is 0 Å². The van der Waals surface area contributed by atoms with E-state index in [2.05, 4.69) is 11.3 Å². The van der Waals surface area contributed by atoms with Crippen LogP contribution in [0.5, 0.6) is 0 Å². The minimum absolute atomic E-state index is 0.00315. The van der Waals surface area contributed by atoms with Gasteiger partial charge in [0.1, 0.15) is 0 Å². The highest BCUT2D eigenvalue weighted by Gasteiger charge is 2.48. The topological polar surface area (TPSA) is 46.5 Å². The summed E-state index contributed by atoms with van der Waals surface area (Å²) >= 11 is 0. The van der Waals surface area contributed by atoms with Crippen molar-refractivity contribution < 1.29 is 14.6 Å². The molecular formula is C10H16O3. The zero-order chi connectivity index (χ0) is 10.1. The number of rotatable bonds is 2. The van der Waals surface area contributed by atoms with Gasteiger partial charge in [-0.2, -0.15) is 0 Å². The number of carbonyl (C=O) groups is 1. The summed E-state index contributed by atoms with van der Waals surface area (Å²) in [5.74, 6) is -0.730. The van der Waals surface area contributed by atoms with Crippen molar-refractivity contribution in [2.45, 2.75) is 25.4 Å². The van der Waals surface area contributed by atoms with Crippen molar-refractivity contribution in [2.24, 2.45) is 11.8 Å². The molecule has 3 nitrogen and oxygen atoms in total.